The van der Waals surface area contributed by atoms with Gasteiger partial charge in [0.2, 0.25) is 11.8 Å². The second-order valence-corrected chi connectivity index (χ2v) is 12.6. The molecule has 0 bridgehead atoms. The molecular weight excluding hydrogens is 587 g/mol. The number of hydrogen-bond donors (Lipinski definition) is 5. The van der Waals surface area contributed by atoms with Crippen LogP contribution in [0, 0.1) is 23.4 Å². The Bertz CT molecular complexity index is 1170. The number of fused-ring (bicyclic) bond motifs is 1. The van der Waals surface area contributed by atoms with Gasteiger partial charge < -0.3 is 31.4 Å². The molecule has 2 fully saturated rings. The first kappa shape index (κ1) is 34.2. The molecule has 5 atom stereocenters. The van der Waals surface area contributed by atoms with Crippen LogP contribution in [-0.2, 0) is 14.4 Å². The second kappa shape index (κ2) is 16.5. The number of thioether (sulfide) groups is 1. The Morgan fingerprint density at radius 1 is 1.02 bits per heavy atom. The number of unbranched alkanes of at least 4 members (excludes halogenated alkanes) is 2. The molecule has 1 aromatic carbocycles. The van der Waals surface area contributed by atoms with Crippen LogP contribution < -0.4 is 26.6 Å². The Hall–Kier alpha value is -3.29. The number of urea groups is 1. The summed E-state index contributed by atoms with van der Waals surface area (Å²) in [4.78, 5) is 60.7. The lowest BCUT2D eigenvalue weighted by atomic mass is 10.0. The van der Waals surface area contributed by atoms with E-state index >= 15 is 0 Å². The predicted molar refractivity (Wildman–Crippen MR) is 156 cm³/mol. The van der Waals surface area contributed by atoms with E-state index in [0.717, 1.165) is 25.0 Å². The molecule has 0 aromatic heterocycles. The maximum absolute atomic E-state index is 14.0. The van der Waals surface area contributed by atoms with Crippen LogP contribution in [0.2, 0.25) is 0 Å². The third-order valence-electron chi connectivity index (χ3n) is 7.42. The number of carbonyl (C=O) groups excluding carboxylic acids is 5. The minimum absolute atomic E-state index is 0.0576. The summed E-state index contributed by atoms with van der Waals surface area (Å²) < 4.78 is 40.8. The van der Waals surface area contributed by atoms with Gasteiger partial charge in [-0.05, 0) is 50.5 Å². The van der Waals surface area contributed by atoms with Crippen molar-refractivity contribution in [2.75, 3.05) is 12.3 Å². The molecule has 2 aliphatic heterocycles. The van der Waals surface area contributed by atoms with E-state index in [-0.39, 0.29) is 42.4 Å². The fourth-order valence-electron chi connectivity index (χ4n) is 5.17. The highest BCUT2D eigenvalue weighted by Crippen LogP contribution is 2.33. The van der Waals surface area contributed by atoms with Crippen LogP contribution in [-0.4, -0.2) is 71.8 Å². The first-order valence-electron chi connectivity index (χ1n) is 14.6. The molecule has 10 nitrogen and oxygen atoms in total. The molecular formula is C29H40F3N5O5S. The molecule has 5 amide bonds. The summed E-state index contributed by atoms with van der Waals surface area (Å²) in [5.41, 5.74) is -0.739. The number of benzene rings is 1. The number of rotatable bonds is 17. The minimum atomic E-state index is -1.44. The van der Waals surface area contributed by atoms with Gasteiger partial charge in [0, 0.05) is 30.0 Å². The van der Waals surface area contributed by atoms with Crippen LogP contribution >= 0.6 is 11.8 Å². The number of amides is 5. The van der Waals surface area contributed by atoms with E-state index in [1.54, 1.807) is 13.8 Å². The number of halogens is 3. The SMILES string of the molecule is CC(C)C[C@H](NC(=O)c1cc(F)c(F)cc1F)C(=O)N[C@H](C=O)CCCCNC(=O)CCCC[C@@H]1SC[C@@H]2NC(=O)N[C@@H]21. The summed E-state index contributed by atoms with van der Waals surface area (Å²) in [7, 11) is 0. The lowest BCUT2D eigenvalue weighted by Crippen LogP contribution is -2.50. The summed E-state index contributed by atoms with van der Waals surface area (Å²) in [6, 6.07) is -1.06. The fourth-order valence-corrected chi connectivity index (χ4v) is 6.72. The minimum Gasteiger partial charge on any atom is -0.356 e. The van der Waals surface area contributed by atoms with Gasteiger partial charge in [0.25, 0.3) is 5.91 Å². The van der Waals surface area contributed by atoms with Crippen molar-refractivity contribution in [1.29, 1.82) is 0 Å². The highest BCUT2D eigenvalue weighted by Gasteiger charge is 2.42. The summed E-state index contributed by atoms with van der Waals surface area (Å²) >= 11 is 1.84. The molecule has 0 saturated carbocycles. The first-order chi connectivity index (χ1) is 20.5. The van der Waals surface area contributed by atoms with E-state index in [1.165, 1.54) is 0 Å². The van der Waals surface area contributed by atoms with Crippen molar-refractivity contribution in [2.45, 2.75) is 94.6 Å². The van der Waals surface area contributed by atoms with E-state index in [1.807, 2.05) is 11.8 Å². The molecule has 0 spiro atoms. The smallest absolute Gasteiger partial charge is 0.315 e. The van der Waals surface area contributed by atoms with E-state index in [0.29, 0.717) is 49.8 Å². The Kier molecular flexibility index (Phi) is 13.1. The number of nitrogens with one attached hydrogen (secondary N) is 5. The Morgan fingerprint density at radius 3 is 2.49 bits per heavy atom. The van der Waals surface area contributed by atoms with Gasteiger partial charge in [0.1, 0.15) is 18.1 Å². The van der Waals surface area contributed by atoms with Crippen LogP contribution in [0.4, 0.5) is 18.0 Å². The number of carbonyl (C=O) groups is 5. The lowest BCUT2D eigenvalue weighted by molar-refractivity contribution is -0.126. The van der Waals surface area contributed by atoms with Crippen molar-refractivity contribution >= 4 is 41.8 Å². The largest absolute Gasteiger partial charge is 0.356 e. The molecule has 0 aliphatic carbocycles. The maximum Gasteiger partial charge on any atom is 0.315 e. The fraction of sp³-hybridized carbons (Fsp3) is 0.621. The van der Waals surface area contributed by atoms with E-state index < -0.39 is 46.9 Å². The van der Waals surface area contributed by atoms with Gasteiger partial charge in [-0.25, -0.2) is 18.0 Å². The first-order valence-corrected chi connectivity index (χ1v) is 15.7. The van der Waals surface area contributed by atoms with Crippen molar-refractivity contribution < 1.29 is 37.1 Å². The number of hydrogen-bond acceptors (Lipinski definition) is 6. The standard InChI is InChI=1S/C29H40F3N5O5S/c1-16(2)11-22(35-27(40)18-12-20(31)21(32)13-19(18)30)28(41)34-17(14-38)7-5-6-10-33-25(39)9-4-3-8-24-26-23(15-43-24)36-29(42)37-26/h12-14,16-17,22-24,26H,3-11,15H2,1-2H3,(H,33,39)(H,34,41)(H,35,40)(H2,36,37,42)/t17-,22-,23-,24-,26-/m0/s1. The van der Waals surface area contributed by atoms with Crippen LogP contribution in [0.15, 0.2) is 12.1 Å². The normalized spacial score (nSPS) is 20.5. The topological polar surface area (TPSA) is 146 Å². The third kappa shape index (κ3) is 10.4. The Morgan fingerprint density at radius 2 is 1.77 bits per heavy atom. The molecule has 1 aromatic rings. The molecule has 2 heterocycles. The molecule has 238 valence electrons. The molecule has 0 unspecified atom stereocenters. The highest BCUT2D eigenvalue weighted by atomic mass is 32.2. The summed E-state index contributed by atoms with van der Waals surface area (Å²) in [5.74, 6) is -5.07. The lowest BCUT2D eigenvalue weighted by Gasteiger charge is -2.22. The van der Waals surface area contributed by atoms with Crippen molar-refractivity contribution in [3.05, 3.63) is 35.1 Å². The van der Waals surface area contributed by atoms with E-state index in [9.17, 15) is 37.1 Å². The van der Waals surface area contributed by atoms with Gasteiger partial charge in [0.15, 0.2) is 11.6 Å². The molecule has 43 heavy (non-hydrogen) atoms. The van der Waals surface area contributed by atoms with Gasteiger partial charge >= 0.3 is 6.03 Å². The zero-order chi connectivity index (χ0) is 31.5. The average Bonchev–Trinajstić information content (AvgIpc) is 3.50. The van der Waals surface area contributed by atoms with Crippen LogP contribution in [0.25, 0.3) is 0 Å². The summed E-state index contributed by atoms with van der Waals surface area (Å²) in [6.07, 6.45) is 5.14. The van der Waals surface area contributed by atoms with Gasteiger partial charge in [-0.2, -0.15) is 11.8 Å². The monoisotopic (exact) mass is 627 g/mol. The van der Waals surface area contributed by atoms with Gasteiger partial charge in [-0.3, -0.25) is 14.4 Å². The zero-order valence-electron chi connectivity index (χ0n) is 24.4. The average molecular weight is 628 g/mol. The van der Waals surface area contributed by atoms with E-state index in [4.69, 9.17) is 0 Å². The van der Waals surface area contributed by atoms with Crippen LogP contribution in [0.5, 0.6) is 0 Å². The molecule has 2 saturated heterocycles. The van der Waals surface area contributed by atoms with Gasteiger partial charge in [-0.15, -0.1) is 0 Å². The highest BCUT2D eigenvalue weighted by molar-refractivity contribution is 8.00. The maximum atomic E-state index is 14.0. The van der Waals surface area contributed by atoms with Gasteiger partial charge in [0.05, 0.1) is 23.7 Å². The third-order valence-corrected chi connectivity index (χ3v) is 8.93. The van der Waals surface area contributed by atoms with Crippen molar-refractivity contribution in [1.82, 2.24) is 26.6 Å². The van der Waals surface area contributed by atoms with Crippen LogP contribution in [0.1, 0.15) is 75.6 Å². The Labute approximate surface area is 253 Å². The summed E-state index contributed by atoms with van der Waals surface area (Å²) in [6.45, 7) is 4.02. The van der Waals surface area contributed by atoms with Crippen molar-refractivity contribution in [3.8, 4) is 0 Å². The van der Waals surface area contributed by atoms with E-state index in [2.05, 4.69) is 26.6 Å². The predicted octanol–water partition coefficient (Wildman–Crippen LogP) is 2.94. The quantitative estimate of drug-likeness (QED) is 0.0778. The molecule has 14 heteroatoms. The molecule has 2 aliphatic rings. The number of aldehydes is 1. The molecule has 3 rings (SSSR count). The molecule has 0 radical (unpaired) electrons. The Balaban J connectivity index is 1.34. The summed E-state index contributed by atoms with van der Waals surface area (Å²) in [5, 5.41) is 14.0. The van der Waals surface area contributed by atoms with Crippen LogP contribution in [0.3, 0.4) is 0 Å². The van der Waals surface area contributed by atoms with Gasteiger partial charge in [-0.1, -0.05) is 20.3 Å². The second-order valence-electron chi connectivity index (χ2n) is 11.4. The van der Waals surface area contributed by atoms with Crippen molar-refractivity contribution in [2.24, 2.45) is 5.92 Å². The molecule has 5 N–H and O–H groups in total. The zero-order valence-corrected chi connectivity index (χ0v) is 25.2. The van der Waals surface area contributed by atoms with Crippen molar-refractivity contribution in [3.63, 3.8) is 0 Å².